The molecular weight excluding hydrogens is 270 g/mol. The predicted molar refractivity (Wildman–Crippen MR) is 77.9 cm³/mol. The normalized spacial score (nSPS) is 25.2. The van der Waals surface area contributed by atoms with Gasteiger partial charge in [0.2, 0.25) is 0 Å². The third-order valence-corrected chi connectivity index (χ3v) is 4.85. The van der Waals surface area contributed by atoms with Crippen LogP contribution >= 0.6 is 0 Å². The first kappa shape index (κ1) is 13.2. The van der Waals surface area contributed by atoms with Gasteiger partial charge in [-0.25, -0.2) is 0 Å². The van der Waals surface area contributed by atoms with Crippen LogP contribution in [0.2, 0.25) is 0 Å². The van der Waals surface area contributed by atoms with Gasteiger partial charge in [0.15, 0.2) is 5.79 Å². The zero-order chi connectivity index (χ0) is 14.3. The fraction of sp³-hybridized carbons (Fsp3) is 0.625. The minimum Gasteiger partial charge on any atom is -0.497 e. The van der Waals surface area contributed by atoms with Crippen LogP contribution in [0.25, 0.3) is 0 Å². The van der Waals surface area contributed by atoms with E-state index in [2.05, 4.69) is 5.32 Å². The Morgan fingerprint density at radius 1 is 1.10 bits per heavy atom. The van der Waals surface area contributed by atoms with E-state index >= 15 is 0 Å². The highest BCUT2D eigenvalue weighted by atomic mass is 16.7. The van der Waals surface area contributed by atoms with Gasteiger partial charge in [-0.1, -0.05) is 0 Å². The lowest BCUT2D eigenvalue weighted by atomic mass is 9.80. The third kappa shape index (κ3) is 2.24. The van der Waals surface area contributed by atoms with Crippen LogP contribution in [0, 0.1) is 0 Å². The van der Waals surface area contributed by atoms with Gasteiger partial charge in [-0.2, -0.15) is 0 Å². The highest BCUT2D eigenvalue weighted by molar-refractivity contribution is 5.61. The number of anilines is 1. The maximum absolute atomic E-state index is 6.35. The largest absolute Gasteiger partial charge is 0.497 e. The van der Waals surface area contributed by atoms with E-state index in [1.807, 2.05) is 18.2 Å². The Hall–Kier alpha value is -1.46. The maximum Gasteiger partial charge on any atom is 0.168 e. The number of rotatable bonds is 1. The number of hydrogen-bond acceptors (Lipinski definition) is 5. The topological polar surface area (TPSA) is 49.0 Å². The molecule has 1 saturated heterocycles. The summed E-state index contributed by atoms with van der Waals surface area (Å²) in [6.07, 6.45) is 3.68. The smallest absolute Gasteiger partial charge is 0.168 e. The summed E-state index contributed by atoms with van der Waals surface area (Å²) in [5, 5.41) is 3.49. The van der Waals surface area contributed by atoms with E-state index in [0.717, 1.165) is 49.4 Å². The Bertz CT molecular complexity index is 529. The molecule has 3 aliphatic rings. The van der Waals surface area contributed by atoms with E-state index in [9.17, 15) is 0 Å². The summed E-state index contributed by atoms with van der Waals surface area (Å²) in [5.74, 6) is 1.36. The molecule has 0 unspecified atom stereocenters. The molecule has 21 heavy (non-hydrogen) atoms. The summed E-state index contributed by atoms with van der Waals surface area (Å²) in [4.78, 5) is 0. The fourth-order valence-corrected chi connectivity index (χ4v) is 3.54. The lowest BCUT2D eigenvalue weighted by molar-refractivity contribution is -0.197. The third-order valence-electron chi connectivity index (χ3n) is 4.85. The van der Waals surface area contributed by atoms with Crippen molar-refractivity contribution in [1.29, 1.82) is 0 Å². The summed E-state index contributed by atoms with van der Waals surface area (Å²) in [7, 11) is 1.67. The molecule has 5 nitrogen and oxygen atoms in total. The van der Waals surface area contributed by atoms with Gasteiger partial charge in [0.25, 0.3) is 0 Å². The van der Waals surface area contributed by atoms with Crippen LogP contribution in [0.4, 0.5) is 5.69 Å². The number of methoxy groups -OCH3 is 1. The first-order valence-electron chi connectivity index (χ1n) is 7.62. The first-order valence-corrected chi connectivity index (χ1v) is 7.62. The highest BCUT2D eigenvalue weighted by Gasteiger charge is 2.48. The zero-order valence-electron chi connectivity index (χ0n) is 12.3. The Kier molecular flexibility index (Phi) is 3.01. The molecule has 2 aliphatic heterocycles. The number of fused-ring (bicyclic) bond motifs is 1. The van der Waals surface area contributed by atoms with Crippen molar-refractivity contribution < 1.29 is 18.9 Å². The maximum atomic E-state index is 6.35. The number of benzene rings is 1. The van der Waals surface area contributed by atoms with Crippen LogP contribution in [0.15, 0.2) is 18.2 Å². The molecule has 1 aromatic carbocycles. The van der Waals surface area contributed by atoms with Crippen LogP contribution in [-0.2, 0) is 9.47 Å². The molecule has 114 valence electrons. The zero-order valence-corrected chi connectivity index (χ0v) is 12.3. The summed E-state index contributed by atoms with van der Waals surface area (Å²) in [6, 6.07) is 5.91. The molecule has 0 radical (unpaired) electrons. The van der Waals surface area contributed by atoms with Gasteiger partial charge >= 0.3 is 0 Å². The molecule has 5 heteroatoms. The van der Waals surface area contributed by atoms with Crippen molar-refractivity contribution in [2.75, 3.05) is 32.2 Å². The summed E-state index contributed by atoms with van der Waals surface area (Å²) < 4.78 is 23.2. The number of ether oxygens (including phenoxy) is 4. The molecule has 4 rings (SSSR count). The predicted octanol–water partition coefficient (Wildman–Crippen LogP) is 2.56. The Morgan fingerprint density at radius 3 is 2.57 bits per heavy atom. The Labute approximate surface area is 124 Å². The van der Waals surface area contributed by atoms with E-state index < -0.39 is 0 Å². The minimum atomic E-state index is -0.344. The van der Waals surface area contributed by atoms with Gasteiger partial charge in [-0.15, -0.1) is 0 Å². The van der Waals surface area contributed by atoms with Gasteiger partial charge in [0, 0.05) is 18.9 Å². The van der Waals surface area contributed by atoms with E-state index in [-0.39, 0.29) is 11.4 Å². The average molecular weight is 291 g/mol. The molecule has 0 aromatic heterocycles. The second kappa shape index (κ2) is 4.78. The second-order valence-electron chi connectivity index (χ2n) is 6.11. The molecule has 2 fully saturated rings. The summed E-state index contributed by atoms with van der Waals surface area (Å²) >= 11 is 0. The van der Waals surface area contributed by atoms with Crippen molar-refractivity contribution in [3.63, 3.8) is 0 Å². The summed E-state index contributed by atoms with van der Waals surface area (Å²) in [6.45, 7) is 2.26. The lowest BCUT2D eigenvalue weighted by Gasteiger charge is -2.46. The lowest BCUT2D eigenvalue weighted by Crippen LogP contribution is -2.52. The van der Waals surface area contributed by atoms with Crippen LogP contribution in [-0.4, -0.2) is 38.3 Å². The van der Waals surface area contributed by atoms with Crippen LogP contribution in [0.3, 0.4) is 0 Å². The van der Waals surface area contributed by atoms with E-state index in [1.165, 1.54) is 0 Å². The molecule has 1 saturated carbocycles. The summed E-state index contributed by atoms with van der Waals surface area (Å²) in [5.41, 5.74) is 0.884. The van der Waals surface area contributed by atoms with Gasteiger partial charge < -0.3 is 24.3 Å². The highest BCUT2D eigenvalue weighted by Crippen LogP contribution is 2.46. The molecule has 0 bridgehead atoms. The number of nitrogens with one attached hydrogen (secondary N) is 1. The molecule has 0 atom stereocenters. The van der Waals surface area contributed by atoms with Crippen LogP contribution in [0.5, 0.6) is 11.5 Å². The minimum absolute atomic E-state index is 0.153. The SMILES string of the molecule is COc1ccc2c(c1)OC1(CCC3(CC1)OCCO3)CN2. The van der Waals surface area contributed by atoms with Crippen LogP contribution < -0.4 is 14.8 Å². The Morgan fingerprint density at radius 2 is 1.86 bits per heavy atom. The quantitative estimate of drug-likeness (QED) is 0.861. The molecule has 2 spiro atoms. The molecule has 2 heterocycles. The van der Waals surface area contributed by atoms with E-state index in [4.69, 9.17) is 18.9 Å². The average Bonchev–Trinajstić information content (AvgIpc) is 2.99. The monoisotopic (exact) mass is 291 g/mol. The van der Waals surface area contributed by atoms with Gasteiger partial charge in [-0.3, -0.25) is 0 Å². The molecule has 1 aliphatic carbocycles. The molecule has 0 amide bonds. The molecular formula is C16H21NO4. The molecule has 1 aromatic rings. The van der Waals surface area contributed by atoms with Crippen molar-refractivity contribution in [2.24, 2.45) is 0 Å². The van der Waals surface area contributed by atoms with Crippen LogP contribution in [0.1, 0.15) is 25.7 Å². The first-order chi connectivity index (χ1) is 10.2. The standard InChI is InChI=1S/C16H21NO4/c1-18-12-2-3-13-14(10-12)21-15(11-17-13)4-6-16(7-5-15)19-8-9-20-16/h2-3,10,17H,4-9,11H2,1H3. The van der Waals surface area contributed by atoms with Crippen molar-refractivity contribution in [3.05, 3.63) is 18.2 Å². The van der Waals surface area contributed by atoms with Gasteiger partial charge in [-0.05, 0) is 25.0 Å². The van der Waals surface area contributed by atoms with Gasteiger partial charge in [0.05, 0.1) is 32.6 Å². The van der Waals surface area contributed by atoms with E-state index in [0.29, 0.717) is 13.2 Å². The number of hydrogen-bond donors (Lipinski definition) is 1. The molecule has 1 N–H and O–H groups in total. The van der Waals surface area contributed by atoms with E-state index in [1.54, 1.807) is 7.11 Å². The fourth-order valence-electron chi connectivity index (χ4n) is 3.54. The van der Waals surface area contributed by atoms with Crippen molar-refractivity contribution in [1.82, 2.24) is 0 Å². The Balaban J connectivity index is 1.52. The van der Waals surface area contributed by atoms with Crippen molar-refractivity contribution in [3.8, 4) is 11.5 Å². The van der Waals surface area contributed by atoms with Crippen molar-refractivity contribution >= 4 is 5.69 Å². The van der Waals surface area contributed by atoms with Crippen molar-refractivity contribution in [2.45, 2.75) is 37.1 Å². The second-order valence-corrected chi connectivity index (χ2v) is 6.11. The van der Waals surface area contributed by atoms with Gasteiger partial charge in [0.1, 0.15) is 17.1 Å².